The van der Waals surface area contributed by atoms with E-state index in [0.717, 1.165) is 68.1 Å². The quantitative estimate of drug-likeness (QED) is 0.126. The molecule has 5 rings (SSSR count). The fourth-order valence-electron chi connectivity index (χ4n) is 6.64. The van der Waals surface area contributed by atoms with Crippen molar-refractivity contribution in [2.75, 3.05) is 37.3 Å². The van der Waals surface area contributed by atoms with E-state index in [4.69, 9.17) is 25.6 Å². The van der Waals surface area contributed by atoms with E-state index >= 15 is 0 Å². The third kappa shape index (κ3) is 14.2. The molecule has 1 heterocycles. The Labute approximate surface area is 313 Å². The number of nitrogens with one attached hydrogen (secondary N) is 2. The average Bonchev–Trinajstić information content (AvgIpc) is 3.09. The van der Waals surface area contributed by atoms with Gasteiger partial charge in [0.15, 0.2) is 17.9 Å². The second-order valence-electron chi connectivity index (χ2n) is 15.3. The number of carbonyl (C=O) groups is 2. The molecule has 0 spiro atoms. The Balaban J connectivity index is 0.000000350. The zero-order valence-electron chi connectivity index (χ0n) is 31.9. The van der Waals surface area contributed by atoms with Crippen LogP contribution >= 0.6 is 0 Å². The van der Waals surface area contributed by atoms with Crippen molar-refractivity contribution < 1.29 is 31.7 Å². The smallest absolute Gasteiger partial charge is 0.407 e. The van der Waals surface area contributed by atoms with Crippen LogP contribution in [0, 0.1) is 0 Å². The summed E-state index contributed by atoms with van der Waals surface area (Å²) in [5, 5.41) is 6.94. The minimum absolute atomic E-state index is 0.0521. The molecule has 2 fully saturated rings. The van der Waals surface area contributed by atoms with Crippen LogP contribution in [0.2, 0.25) is 0 Å². The second kappa shape index (κ2) is 19.0. The van der Waals surface area contributed by atoms with Gasteiger partial charge in [0.2, 0.25) is 11.3 Å². The van der Waals surface area contributed by atoms with Crippen molar-refractivity contribution in [1.29, 1.82) is 0 Å². The number of alkyl carbamates (subject to hydrolysis) is 1. The summed E-state index contributed by atoms with van der Waals surface area (Å²) in [6.45, 7) is 9.23. The second-order valence-corrected chi connectivity index (χ2v) is 16.8. The van der Waals surface area contributed by atoms with Gasteiger partial charge in [-0.1, -0.05) is 0 Å². The number of fused-ring (bicyclic) bond motifs is 2. The number of carbonyl (C=O) groups excluding carboxylic acids is 2. The molecule has 1 aromatic carbocycles. The van der Waals surface area contributed by atoms with Gasteiger partial charge in [0.25, 0.3) is 0 Å². The van der Waals surface area contributed by atoms with E-state index in [0.29, 0.717) is 49.0 Å². The van der Waals surface area contributed by atoms with Gasteiger partial charge in [-0.2, -0.15) is 0 Å². The Morgan fingerprint density at radius 2 is 1.60 bits per heavy atom. The molecule has 2 saturated carbocycles. The van der Waals surface area contributed by atoms with Crippen molar-refractivity contribution in [1.82, 2.24) is 20.2 Å². The zero-order valence-corrected chi connectivity index (χ0v) is 32.8. The van der Waals surface area contributed by atoms with E-state index in [-0.39, 0.29) is 42.3 Å². The molecule has 53 heavy (non-hydrogen) atoms. The summed E-state index contributed by atoms with van der Waals surface area (Å²) in [5.74, 6) is 0.291. The molecule has 2 amide bonds. The first-order valence-electron chi connectivity index (χ1n) is 18.9. The molecular formula is C38H59N7O7S. The summed E-state index contributed by atoms with van der Waals surface area (Å²) < 4.78 is 46.3. The van der Waals surface area contributed by atoms with Gasteiger partial charge in [-0.25, -0.2) is 22.8 Å². The first kappa shape index (κ1) is 42.0. The lowest BCUT2D eigenvalue weighted by atomic mass is 9.92. The Kier molecular flexibility index (Phi) is 15.0. The first-order valence-corrected chi connectivity index (χ1v) is 20.4. The summed E-state index contributed by atoms with van der Waals surface area (Å²) >= 11 is 0. The van der Waals surface area contributed by atoms with Crippen molar-refractivity contribution in [2.24, 2.45) is 11.5 Å². The number of nitrogens with zero attached hydrogens (tertiary/aromatic N) is 3. The molecule has 0 unspecified atom stereocenters. The van der Waals surface area contributed by atoms with E-state index in [1.807, 2.05) is 80.6 Å². The highest BCUT2D eigenvalue weighted by Gasteiger charge is 2.23. The number of hydrogen-bond acceptors (Lipinski definition) is 11. The summed E-state index contributed by atoms with van der Waals surface area (Å²) in [6.07, 6.45) is 8.02. The van der Waals surface area contributed by atoms with Crippen molar-refractivity contribution in [3.8, 4) is 11.5 Å². The molecule has 294 valence electrons. The van der Waals surface area contributed by atoms with Crippen LogP contribution in [-0.4, -0.2) is 92.2 Å². The highest BCUT2D eigenvalue weighted by molar-refractivity contribution is 7.85. The van der Waals surface area contributed by atoms with Gasteiger partial charge in [0.1, 0.15) is 23.9 Å². The van der Waals surface area contributed by atoms with Gasteiger partial charge >= 0.3 is 6.09 Å². The Morgan fingerprint density at radius 3 is 2.19 bits per heavy atom. The molecule has 6 N–H and O–H groups in total. The molecule has 15 heteroatoms. The van der Waals surface area contributed by atoms with Crippen LogP contribution in [-0.2, 0) is 19.6 Å². The van der Waals surface area contributed by atoms with Crippen LogP contribution in [0.4, 0.5) is 10.5 Å². The summed E-state index contributed by atoms with van der Waals surface area (Å²) in [4.78, 5) is 30.6. The van der Waals surface area contributed by atoms with Crippen molar-refractivity contribution in [3.05, 3.63) is 41.8 Å². The van der Waals surface area contributed by atoms with Crippen LogP contribution in [0.5, 0.6) is 0 Å². The van der Waals surface area contributed by atoms with Gasteiger partial charge in [-0.05, 0) is 104 Å². The van der Waals surface area contributed by atoms with Crippen LogP contribution < -0.4 is 36.9 Å². The van der Waals surface area contributed by atoms with E-state index in [1.54, 1.807) is 0 Å². The SMILES string of the molecule is CC(C)(C)OC(=O)NC1CCC(N)CC1.CCN(CCCS(=O)(=O)[O-])c1ccc2nc3ccc(=[N+](C)CCC(=O)NC4CCC(N)CC4)cc-3oc2c1. The summed E-state index contributed by atoms with van der Waals surface area (Å²) in [6, 6.07) is 12.5. The number of aromatic nitrogens is 1. The minimum Gasteiger partial charge on any atom is -0.748 e. The highest BCUT2D eigenvalue weighted by Crippen LogP contribution is 2.27. The molecule has 3 aliphatic carbocycles. The molecule has 4 aliphatic rings. The minimum atomic E-state index is -4.23. The van der Waals surface area contributed by atoms with E-state index in [2.05, 4.69) is 10.6 Å². The van der Waals surface area contributed by atoms with E-state index < -0.39 is 15.7 Å². The Bertz CT molecular complexity index is 1810. The third-order valence-electron chi connectivity index (χ3n) is 9.66. The van der Waals surface area contributed by atoms with Crippen molar-refractivity contribution in [3.63, 3.8) is 0 Å². The molecule has 1 aliphatic heterocycles. The standard InChI is InChI=1S/C27H37N5O5S.C11H22N2O2/c1-3-32(14-4-16-38(34,35)36)22-10-12-24-26(18-22)37-25-17-21(9-11-23(25)30-24)31(2)15-13-27(33)29-20-7-5-19(28)6-8-20;1-11(2,3)15-10(14)13-9-6-4-8(12)5-7-9/h9-12,17-20H,3-8,13-16,28H2,1-2H3,(H-,29,33,34,35,36);8-9H,4-7,12H2,1-3H3,(H,13,14). The maximum absolute atomic E-state index is 12.5. The summed E-state index contributed by atoms with van der Waals surface area (Å²) in [7, 11) is -2.29. The number of amides is 2. The van der Waals surface area contributed by atoms with Gasteiger partial charge in [0.05, 0.1) is 22.6 Å². The van der Waals surface area contributed by atoms with Gasteiger partial charge in [-0.15, -0.1) is 0 Å². The molecular weight excluding hydrogens is 699 g/mol. The molecule has 14 nitrogen and oxygen atoms in total. The van der Waals surface area contributed by atoms with Gasteiger partial charge in [0, 0.05) is 60.8 Å². The molecule has 0 aromatic heterocycles. The van der Waals surface area contributed by atoms with Crippen LogP contribution in [0.3, 0.4) is 0 Å². The lowest BCUT2D eigenvalue weighted by Gasteiger charge is -2.28. The number of benzene rings is 2. The topological polar surface area (TPSA) is 209 Å². The normalized spacial score (nSPS) is 21.3. The molecule has 0 saturated heterocycles. The predicted molar refractivity (Wildman–Crippen MR) is 206 cm³/mol. The van der Waals surface area contributed by atoms with E-state index in [1.165, 1.54) is 0 Å². The number of nitrogens with two attached hydrogens (primary N) is 2. The third-order valence-corrected chi connectivity index (χ3v) is 10.5. The maximum atomic E-state index is 12.5. The zero-order chi connectivity index (χ0) is 38.8. The average molecular weight is 758 g/mol. The Hall–Kier alpha value is -3.79. The van der Waals surface area contributed by atoms with Crippen LogP contribution in [0.1, 0.15) is 91.9 Å². The van der Waals surface area contributed by atoms with E-state index in [9.17, 15) is 22.6 Å². The maximum Gasteiger partial charge on any atom is 0.407 e. The molecule has 1 aromatic rings. The van der Waals surface area contributed by atoms with Gasteiger partial charge < -0.3 is 40.7 Å². The molecule has 0 atom stereocenters. The Morgan fingerprint density at radius 1 is 0.981 bits per heavy atom. The number of anilines is 1. The predicted octanol–water partition coefficient (Wildman–Crippen LogP) is 3.65. The molecule has 0 radical (unpaired) electrons. The van der Waals surface area contributed by atoms with Crippen LogP contribution in [0.25, 0.3) is 22.6 Å². The fraction of sp³-hybridized carbons (Fsp3) is 0.632. The monoisotopic (exact) mass is 757 g/mol. The number of rotatable bonds is 11. The summed E-state index contributed by atoms with van der Waals surface area (Å²) in [5.41, 5.74) is 14.2. The van der Waals surface area contributed by atoms with Crippen molar-refractivity contribution in [2.45, 2.75) is 122 Å². The lowest BCUT2D eigenvalue weighted by Crippen LogP contribution is -2.42. The van der Waals surface area contributed by atoms with Crippen LogP contribution in [0.15, 0.2) is 40.8 Å². The van der Waals surface area contributed by atoms with Crippen molar-refractivity contribution >= 4 is 38.9 Å². The molecule has 0 bridgehead atoms. The number of ether oxygens (including phenoxy) is 1. The van der Waals surface area contributed by atoms with Gasteiger partial charge in [-0.3, -0.25) is 4.79 Å². The highest BCUT2D eigenvalue weighted by atomic mass is 32.2. The number of hydrogen-bond donors (Lipinski definition) is 4. The lowest BCUT2D eigenvalue weighted by molar-refractivity contribution is -0.122. The largest absolute Gasteiger partial charge is 0.748 e. The first-order chi connectivity index (χ1) is 25.0. The fourth-order valence-corrected chi connectivity index (χ4v) is 7.12.